The van der Waals surface area contributed by atoms with Gasteiger partial charge in [-0.05, 0) is 77.0 Å². The molecule has 4 N–H and O–H groups in total. The normalized spacial score (nSPS) is 17.1. The van der Waals surface area contributed by atoms with Gasteiger partial charge in [0.2, 0.25) is 0 Å². The number of fused-ring (bicyclic) bond motifs is 3. The summed E-state index contributed by atoms with van der Waals surface area (Å²) in [6, 6.07) is 11.4. The van der Waals surface area contributed by atoms with Crippen LogP contribution in [-0.2, 0) is 11.3 Å². The lowest BCUT2D eigenvalue weighted by molar-refractivity contribution is -0.0271. The van der Waals surface area contributed by atoms with Crippen LogP contribution in [0.5, 0.6) is 0 Å². The SMILES string of the molecule is Cc1cn([C@H]2C[C@H](N=[N+]=[N-])[C@@H](CO)O2)c(=O)[nH]c1=O.O=c1c2cccn2c2cccc(F)c2n1CCNC(=S)Nc1ccc(Br)cn1. The van der Waals surface area contributed by atoms with Gasteiger partial charge in [-0.2, -0.15) is 0 Å². The molecule has 1 aromatic carbocycles. The lowest BCUT2D eigenvalue weighted by Crippen LogP contribution is -2.34. The molecule has 1 aliphatic rings. The molecule has 15 nitrogen and oxygen atoms in total. The van der Waals surface area contributed by atoms with Crippen LogP contribution in [0.15, 0.2) is 85.0 Å². The van der Waals surface area contributed by atoms with Gasteiger partial charge in [-0.25, -0.2) is 14.2 Å². The Bertz CT molecular complexity index is 2160. The molecule has 0 bridgehead atoms. The summed E-state index contributed by atoms with van der Waals surface area (Å²) < 4.78 is 25.2. The number of H-pyrrole nitrogens is 1. The highest BCUT2D eigenvalue weighted by Crippen LogP contribution is 2.29. The highest BCUT2D eigenvalue weighted by atomic mass is 79.9. The van der Waals surface area contributed by atoms with E-state index >= 15 is 0 Å². The molecule has 4 aromatic heterocycles. The highest BCUT2D eigenvalue weighted by molar-refractivity contribution is 9.10. The third-order valence-electron chi connectivity index (χ3n) is 7.34. The molecule has 3 atom stereocenters. The van der Waals surface area contributed by atoms with Crippen molar-refractivity contribution in [2.45, 2.75) is 38.3 Å². The zero-order valence-corrected chi connectivity index (χ0v) is 27.1. The molecule has 0 aliphatic carbocycles. The maximum absolute atomic E-state index is 14.5. The molecular formula is C29H28BrFN10O5S. The largest absolute Gasteiger partial charge is 0.394 e. The maximum Gasteiger partial charge on any atom is 0.330 e. The summed E-state index contributed by atoms with van der Waals surface area (Å²) in [6.07, 6.45) is 3.74. The van der Waals surface area contributed by atoms with Gasteiger partial charge in [-0.3, -0.25) is 19.1 Å². The molecule has 244 valence electrons. The number of halogens is 2. The molecule has 6 rings (SSSR count). The van der Waals surface area contributed by atoms with Crippen molar-refractivity contribution in [3.63, 3.8) is 0 Å². The number of hydrogen-bond donors (Lipinski definition) is 4. The lowest BCUT2D eigenvalue weighted by atomic mass is 10.1. The van der Waals surface area contributed by atoms with Crippen LogP contribution in [0.2, 0.25) is 0 Å². The minimum atomic E-state index is -0.671. The molecule has 0 saturated carbocycles. The molecule has 1 saturated heterocycles. The van der Waals surface area contributed by atoms with Gasteiger partial charge in [0.15, 0.2) is 5.11 Å². The van der Waals surface area contributed by atoms with Crippen LogP contribution in [0.1, 0.15) is 18.2 Å². The summed E-state index contributed by atoms with van der Waals surface area (Å²) in [6.45, 7) is 1.87. The fraction of sp³-hybridized carbons (Fsp3) is 0.276. The molecule has 0 amide bonds. The molecule has 1 fully saturated rings. The van der Waals surface area contributed by atoms with E-state index in [9.17, 15) is 18.8 Å². The Hall–Kier alpha value is -4.87. The molecule has 1 aliphatic heterocycles. The molecular weight excluding hydrogens is 699 g/mol. The standard InChI is InChI=1S/C19H15BrFN5OS.C10H13N5O4/c20-12-6-7-16(23-11-12)24-19(28)22-8-10-26-17-13(21)3-1-4-14(17)25-9-2-5-15(25)18(26)27;1-5-3-15(10(18)12-9(5)17)8-2-6(13-14-11)7(4-16)19-8/h1-7,9,11H,8,10H2,(H2,22,23,24,28);3,6-8,16H,2,4H2,1H3,(H,12,17,18)/t;6-,7+,8+/m.0/s1. The van der Waals surface area contributed by atoms with Gasteiger partial charge in [0.25, 0.3) is 11.1 Å². The third kappa shape index (κ3) is 7.42. The summed E-state index contributed by atoms with van der Waals surface area (Å²) in [7, 11) is 0. The number of hydrogen-bond acceptors (Lipinski definition) is 8. The van der Waals surface area contributed by atoms with E-state index in [0.29, 0.717) is 34.1 Å². The minimum absolute atomic E-state index is 0.252. The quantitative estimate of drug-likeness (QED) is 0.0842. The van der Waals surface area contributed by atoms with E-state index in [0.717, 1.165) is 4.47 Å². The van der Waals surface area contributed by atoms with Gasteiger partial charge in [0.05, 0.1) is 24.3 Å². The molecule has 0 unspecified atom stereocenters. The summed E-state index contributed by atoms with van der Waals surface area (Å²) in [5, 5.41) is 19.0. The van der Waals surface area contributed by atoms with Crippen molar-refractivity contribution >= 4 is 55.6 Å². The Kier molecular flexibility index (Phi) is 10.5. The number of aliphatic hydroxyl groups excluding tert-OH is 1. The van der Waals surface area contributed by atoms with E-state index in [1.165, 1.54) is 21.4 Å². The number of rotatable bonds is 7. The Morgan fingerprint density at radius 3 is 2.77 bits per heavy atom. The van der Waals surface area contributed by atoms with Crippen LogP contribution >= 0.6 is 28.1 Å². The van der Waals surface area contributed by atoms with Crippen molar-refractivity contribution < 1.29 is 14.2 Å². The predicted octanol–water partition coefficient (Wildman–Crippen LogP) is 3.34. The zero-order valence-electron chi connectivity index (χ0n) is 24.7. The first-order valence-electron chi connectivity index (χ1n) is 14.2. The van der Waals surface area contributed by atoms with Gasteiger partial charge in [-0.15, -0.1) is 0 Å². The fourth-order valence-corrected chi connectivity index (χ4v) is 5.55. The first kappa shape index (κ1) is 33.5. The smallest absolute Gasteiger partial charge is 0.330 e. The number of nitrogens with one attached hydrogen (secondary N) is 3. The number of aliphatic hydroxyl groups is 1. The van der Waals surface area contributed by atoms with Crippen LogP contribution in [-0.4, -0.2) is 59.0 Å². The van der Waals surface area contributed by atoms with Crippen LogP contribution in [0.4, 0.5) is 10.2 Å². The van der Waals surface area contributed by atoms with Gasteiger partial charge in [0.1, 0.15) is 28.9 Å². The van der Waals surface area contributed by atoms with Crippen molar-refractivity contribution in [2.24, 2.45) is 5.11 Å². The molecule has 0 spiro atoms. The lowest BCUT2D eigenvalue weighted by Gasteiger charge is -2.15. The number of nitrogens with zero attached hydrogens (tertiary/aromatic N) is 7. The Labute approximate surface area is 278 Å². The molecule has 47 heavy (non-hydrogen) atoms. The number of aryl methyl sites for hydroxylation is 1. The Morgan fingerprint density at radius 2 is 2.04 bits per heavy atom. The summed E-state index contributed by atoms with van der Waals surface area (Å²) in [5.41, 5.74) is 8.91. The van der Waals surface area contributed by atoms with Crippen LogP contribution in [0.3, 0.4) is 0 Å². The average molecular weight is 728 g/mol. The monoisotopic (exact) mass is 726 g/mol. The van der Waals surface area contributed by atoms with Crippen molar-refractivity contribution in [1.82, 2.24) is 28.8 Å². The highest BCUT2D eigenvalue weighted by Gasteiger charge is 2.35. The van der Waals surface area contributed by atoms with Gasteiger partial charge < -0.3 is 29.4 Å². The predicted molar refractivity (Wildman–Crippen MR) is 180 cm³/mol. The number of ether oxygens (including phenoxy) is 1. The van der Waals surface area contributed by atoms with Gasteiger partial charge >= 0.3 is 5.69 Å². The summed E-state index contributed by atoms with van der Waals surface area (Å²) >= 11 is 8.58. The number of para-hydroxylation sites is 1. The number of thiocarbonyl (C=S) groups is 1. The number of aromatic nitrogens is 5. The van der Waals surface area contributed by atoms with Crippen molar-refractivity contribution in [1.29, 1.82) is 0 Å². The second kappa shape index (κ2) is 14.7. The van der Waals surface area contributed by atoms with E-state index in [2.05, 4.69) is 46.6 Å². The van der Waals surface area contributed by atoms with E-state index in [4.69, 9.17) is 27.6 Å². The Balaban J connectivity index is 0.000000199. The molecule has 0 radical (unpaired) electrons. The first-order chi connectivity index (χ1) is 22.6. The summed E-state index contributed by atoms with van der Waals surface area (Å²) in [5.74, 6) is 0.161. The van der Waals surface area contributed by atoms with E-state index in [1.54, 1.807) is 54.0 Å². The molecule has 18 heteroatoms. The minimum Gasteiger partial charge on any atom is -0.394 e. The van der Waals surface area contributed by atoms with Gasteiger partial charge in [-0.1, -0.05) is 11.2 Å². The number of anilines is 1. The summed E-state index contributed by atoms with van der Waals surface area (Å²) in [4.78, 5) is 44.9. The number of aromatic amines is 1. The van der Waals surface area contributed by atoms with Crippen LogP contribution < -0.4 is 27.4 Å². The number of benzene rings is 1. The average Bonchev–Trinajstić information content (AvgIpc) is 3.70. The van der Waals surface area contributed by atoms with Crippen molar-refractivity contribution in [3.05, 3.63) is 119 Å². The van der Waals surface area contributed by atoms with E-state index in [1.807, 2.05) is 6.07 Å². The van der Waals surface area contributed by atoms with E-state index < -0.39 is 35.4 Å². The molecule has 5 heterocycles. The van der Waals surface area contributed by atoms with Crippen LogP contribution in [0.25, 0.3) is 27.0 Å². The van der Waals surface area contributed by atoms with Crippen molar-refractivity contribution in [2.75, 3.05) is 18.5 Å². The maximum atomic E-state index is 14.5. The topological polar surface area (TPSA) is 196 Å². The second-order valence-corrected chi connectivity index (χ2v) is 11.7. The Morgan fingerprint density at radius 1 is 1.26 bits per heavy atom. The third-order valence-corrected chi connectivity index (χ3v) is 8.05. The molecule has 5 aromatic rings. The zero-order chi connectivity index (χ0) is 33.7. The number of azide groups is 1. The first-order valence-corrected chi connectivity index (χ1v) is 15.4. The van der Waals surface area contributed by atoms with E-state index in [-0.39, 0.29) is 30.6 Å². The second-order valence-electron chi connectivity index (χ2n) is 10.4. The van der Waals surface area contributed by atoms with Crippen LogP contribution in [0, 0.1) is 12.7 Å². The van der Waals surface area contributed by atoms with Crippen molar-refractivity contribution in [3.8, 4) is 0 Å². The number of pyridine rings is 1. The van der Waals surface area contributed by atoms with Gasteiger partial charge in [0, 0.05) is 53.0 Å². The fourth-order valence-electron chi connectivity index (χ4n) is 5.11.